The maximum absolute atomic E-state index is 13.0. The number of esters is 1. The van der Waals surface area contributed by atoms with Crippen molar-refractivity contribution in [1.82, 2.24) is 0 Å². The van der Waals surface area contributed by atoms with E-state index in [1.54, 1.807) is 19.1 Å². The van der Waals surface area contributed by atoms with Crippen molar-refractivity contribution in [2.45, 2.75) is 33.1 Å². The lowest BCUT2D eigenvalue weighted by Gasteiger charge is -2.14. The molecule has 0 spiro atoms. The Morgan fingerprint density at radius 3 is 2.58 bits per heavy atom. The average Bonchev–Trinajstić information content (AvgIpc) is 2.73. The van der Waals surface area contributed by atoms with Gasteiger partial charge < -0.3 is 9.47 Å². The molecule has 2 aromatic carbocycles. The van der Waals surface area contributed by atoms with E-state index in [0.29, 0.717) is 36.5 Å². The number of rotatable bonds is 4. The van der Waals surface area contributed by atoms with Gasteiger partial charge >= 0.3 is 5.97 Å². The van der Waals surface area contributed by atoms with Crippen LogP contribution in [0, 0.1) is 0 Å². The number of aryl methyl sites for hydroxylation is 2. The number of hydrogen-bond donors (Lipinski definition) is 0. The van der Waals surface area contributed by atoms with Crippen molar-refractivity contribution in [2.75, 3.05) is 6.61 Å². The van der Waals surface area contributed by atoms with E-state index in [-0.39, 0.29) is 11.8 Å². The lowest BCUT2D eigenvalue weighted by Crippen LogP contribution is -2.10. The number of hydrogen-bond acceptors (Lipinski definition) is 4. The monoisotopic (exact) mass is 324 g/mol. The molecular formula is C20H20O4. The zero-order chi connectivity index (χ0) is 17.1. The molecule has 0 unspecified atom stereocenters. The number of carbonyl (C=O) groups excluding carboxylic acids is 2. The molecule has 0 atom stereocenters. The van der Waals surface area contributed by atoms with E-state index in [1.807, 2.05) is 31.2 Å². The van der Waals surface area contributed by atoms with Gasteiger partial charge in [-0.3, -0.25) is 9.59 Å². The maximum atomic E-state index is 13.0. The zero-order valence-electron chi connectivity index (χ0n) is 13.9. The molecule has 0 bridgehead atoms. The van der Waals surface area contributed by atoms with E-state index >= 15 is 0 Å². The van der Waals surface area contributed by atoms with Gasteiger partial charge in [-0.2, -0.15) is 0 Å². The van der Waals surface area contributed by atoms with Crippen LogP contribution < -0.4 is 9.47 Å². The molecule has 1 aliphatic carbocycles. The van der Waals surface area contributed by atoms with Crippen LogP contribution in [0.1, 0.15) is 47.3 Å². The van der Waals surface area contributed by atoms with Crippen molar-refractivity contribution >= 4 is 11.8 Å². The summed E-state index contributed by atoms with van der Waals surface area (Å²) in [6, 6.07) is 11.1. The van der Waals surface area contributed by atoms with E-state index in [2.05, 4.69) is 0 Å². The lowest BCUT2D eigenvalue weighted by atomic mass is 9.97. The van der Waals surface area contributed by atoms with Crippen LogP contribution in [-0.4, -0.2) is 18.4 Å². The van der Waals surface area contributed by atoms with E-state index in [1.165, 1.54) is 0 Å². The molecule has 124 valence electrons. The molecular weight excluding hydrogens is 304 g/mol. The first-order valence-corrected chi connectivity index (χ1v) is 8.27. The highest BCUT2D eigenvalue weighted by molar-refractivity contribution is 6.13. The molecule has 24 heavy (non-hydrogen) atoms. The second-order valence-corrected chi connectivity index (χ2v) is 5.70. The third kappa shape index (κ3) is 3.04. The number of benzene rings is 2. The molecule has 0 saturated heterocycles. The van der Waals surface area contributed by atoms with Crippen LogP contribution in [0.2, 0.25) is 0 Å². The van der Waals surface area contributed by atoms with Crippen LogP contribution in [0.5, 0.6) is 11.5 Å². The highest BCUT2D eigenvalue weighted by Gasteiger charge is 2.26. The Labute approximate surface area is 141 Å². The van der Waals surface area contributed by atoms with Gasteiger partial charge in [-0.15, -0.1) is 0 Å². The summed E-state index contributed by atoms with van der Waals surface area (Å²) >= 11 is 0. The van der Waals surface area contributed by atoms with Gasteiger partial charge in [0.25, 0.3) is 0 Å². The Hall–Kier alpha value is -2.62. The van der Waals surface area contributed by atoms with Gasteiger partial charge in [-0.1, -0.05) is 31.2 Å². The molecule has 4 heteroatoms. The SMILES string of the molecule is CCOc1cc(OC(=O)CC)cc2c1C(=O)c1ccccc1CC2. The Morgan fingerprint density at radius 1 is 1.08 bits per heavy atom. The van der Waals surface area contributed by atoms with E-state index in [0.717, 1.165) is 23.1 Å². The van der Waals surface area contributed by atoms with Gasteiger partial charge in [0.15, 0.2) is 5.78 Å². The van der Waals surface area contributed by atoms with Crippen molar-refractivity contribution in [3.8, 4) is 11.5 Å². The topological polar surface area (TPSA) is 52.6 Å². The zero-order valence-corrected chi connectivity index (χ0v) is 13.9. The molecule has 4 nitrogen and oxygen atoms in total. The third-order valence-electron chi connectivity index (χ3n) is 4.13. The van der Waals surface area contributed by atoms with Crippen molar-refractivity contribution < 1.29 is 19.1 Å². The van der Waals surface area contributed by atoms with E-state index in [9.17, 15) is 9.59 Å². The molecule has 2 aromatic rings. The van der Waals surface area contributed by atoms with Gasteiger partial charge in [0.1, 0.15) is 11.5 Å². The molecule has 0 heterocycles. The predicted molar refractivity (Wildman–Crippen MR) is 90.8 cm³/mol. The van der Waals surface area contributed by atoms with Crippen LogP contribution in [0.3, 0.4) is 0 Å². The first-order valence-electron chi connectivity index (χ1n) is 8.27. The molecule has 0 saturated carbocycles. The molecule has 1 aliphatic rings. The summed E-state index contributed by atoms with van der Waals surface area (Å²) in [4.78, 5) is 24.6. The van der Waals surface area contributed by atoms with Crippen molar-refractivity contribution in [3.63, 3.8) is 0 Å². The lowest BCUT2D eigenvalue weighted by molar-refractivity contribution is -0.134. The largest absolute Gasteiger partial charge is 0.493 e. The van der Waals surface area contributed by atoms with Crippen LogP contribution in [0.4, 0.5) is 0 Å². The van der Waals surface area contributed by atoms with Gasteiger partial charge in [0.2, 0.25) is 0 Å². The fourth-order valence-corrected chi connectivity index (χ4v) is 3.00. The minimum atomic E-state index is -0.305. The number of ketones is 1. The normalized spacial score (nSPS) is 12.8. The highest BCUT2D eigenvalue weighted by atomic mass is 16.5. The van der Waals surface area contributed by atoms with E-state index < -0.39 is 0 Å². The molecule has 0 amide bonds. The third-order valence-corrected chi connectivity index (χ3v) is 4.13. The molecule has 0 aromatic heterocycles. The van der Waals surface area contributed by atoms with Crippen LogP contribution in [0.15, 0.2) is 36.4 Å². The standard InChI is InChI=1S/C20H20O4/c1-3-18(21)24-15-11-14-10-9-13-7-5-6-8-16(13)20(22)19(14)17(12-15)23-4-2/h5-8,11-12H,3-4,9-10H2,1-2H3. The summed E-state index contributed by atoms with van der Waals surface area (Å²) in [5, 5.41) is 0. The maximum Gasteiger partial charge on any atom is 0.310 e. The number of ether oxygens (including phenoxy) is 2. The summed E-state index contributed by atoms with van der Waals surface area (Å²) in [6.07, 6.45) is 1.77. The Kier molecular flexibility index (Phi) is 4.65. The smallest absolute Gasteiger partial charge is 0.310 e. The summed E-state index contributed by atoms with van der Waals surface area (Å²) in [5.74, 6) is 0.578. The van der Waals surface area contributed by atoms with Crippen LogP contribution in [0.25, 0.3) is 0 Å². The first-order chi connectivity index (χ1) is 11.6. The number of fused-ring (bicyclic) bond motifs is 2. The van der Waals surface area contributed by atoms with Crippen LogP contribution in [-0.2, 0) is 17.6 Å². The fourth-order valence-electron chi connectivity index (χ4n) is 3.00. The summed E-state index contributed by atoms with van der Waals surface area (Å²) in [6.45, 7) is 4.05. The van der Waals surface area contributed by atoms with Gasteiger partial charge in [-0.05, 0) is 37.0 Å². The summed E-state index contributed by atoms with van der Waals surface area (Å²) in [5.41, 5.74) is 3.20. The molecule has 0 N–H and O–H groups in total. The van der Waals surface area contributed by atoms with Crippen molar-refractivity contribution in [1.29, 1.82) is 0 Å². The highest BCUT2D eigenvalue weighted by Crippen LogP contribution is 2.35. The van der Waals surface area contributed by atoms with Crippen molar-refractivity contribution in [2.24, 2.45) is 0 Å². The second-order valence-electron chi connectivity index (χ2n) is 5.70. The van der Waals surface area contributed by atoms with Gasteiger partial charge in [0, 0.05) is 18.1 Å². The summed E-state index contributed by atoms with van der Waals surface area (Å²) < 4.78 is 11.0. The predicted octanol–water partition coefficient (Wildman–Crippen LogP) is 3.73. The van der Waals surface area contributed by atoms with Crippen LogP contribution >= 0.6 is 0 Å². The molecule has 0 aliphatic heterocycles. The summed E-state index contributed by atoms with van der Waals surface area (Å²) in [7, 11) is 0. The Morgan fingerprint density at radius 2 is 1.83 bits per heavy atom. The van der Waals surface area contributed by atoms with Gasteiger partial charge in [0.05, 0.1) is 12.2 Å². The number of carbonyl (C=O) groups is 2. The minimum Gasteiger partial charge on any atom is -0.493 e. The molecule has 3 rings (SSSR count). The average molecular weight is 324 g/mol. The quantitative estimate of drug-likeness (QED) is 0.635. The Balaban J connectivity index is 2.11. The first kappa shape index (κ1) is 16.2. The second kappa shape index (κ2) is 6.87. The molecule has 0 fully saturated rings. The van der Waals surface area contributed by atoms with E-state index in [4.69, 9.17) is 9.47 Å². The minimum absolute atomic E-state index is 0.0325. The molecule has 0 radical (unpaired) electrons. The van der Waals surface area contributed by atoms with Gasteiger partial charge in [-0.25, -0.2) is 0 Å². The Bertz CT molecular complexity index is 792. The fraction of sp³-hybridized carbons (Fsp3) is 0.300. The van der Waals surface area contributed by atoms with Crippen molar-refractivity contribution in [3.05, 3.63) is 58.7 Å².